The number of halogens is 1. The molecule has 2 aromatic carbocycles. The number of rotatable bonds is 4. The minimum Gasteiger partial charge on any atom is -0.481 e. The molecular weight excluding hydrogens is 480 g/mol. The second-order valence-electron chi connectivity index (χ2n) is 9.82. The Hall–Kier alpha value is -3.26. The zero-order valence-corrected chi connectivity index (χ0v) is 21.5. The molecular formula is C27H31ClN4O4. The average molecular weight is 511 g/mol. The molecule has 190 valence electrons. The highest BCUT2D eigenvalue weighted by molar-refractivity contribution is 6.30. The molecule has 1 aromatic heterocycles. The maximum atomic E-state index is 12.6. The second-order valence-corrected chi connectivity index (χ2v) is 10.3. The number of nitrogens with zero attached hydrogens (tertiary/aromatic N) is 4. The number of carboxylic acids is 1. The summed E-state index contributed by atoms with van der Waals surface area (Å²) in [5.74, 6) is -0.215. The van der Waals surface area contributed by atoms with Gasteiger partial charge in [0.05, 0.1) is 29.7 Å². The minimum atomic E-state index is -0.714. The standard InChI is InChI=1S/C27H31ClN4O4/c1-16-4-13-21-22(31(16)27(35)36-3)14-15-23-24(21)29-26(30(2)19-11-7-18(28)8-12-19)32(23)20-9-5-17(6-10-20)25(33)34/h7-8,11-12,14-17,20H,4-6,9-10,13H2,1-3H3,(H,33,34). The lowest BCUT2D eigenvalue weighted by Gasteiger charge is -2.34. The van der Waals surface area contributed by atoms with Gasteiger partial charge in [0.15, 0.2) is 0 Å². The van der Waals surface area contributed by atoms with Crippen LogP contribution in [0.1, 0.15) is 50.6 Å². The van der Waals surface area contributed by atoms with E-state index < -0.39 is 5.97 Å². The summed E-state index contributed by atoms with van der Waals surface area (Å²) in [7, 11) is 3.39. The van der Waals surface area contributed by atoms with Gasteiger partial charge in [-0.25, -0.2) is 9.78 Å². The molecule has 1 fully saturated rings. The first-order chi connectivity index (χ1) is 17.3. The van der Waals surface area contributed by atoms with E-state index in [4.69, 9.17) is 21.3 Å². The quantitative estimate of drug-likeness (QED) is 0.451. The highest BCUT2D eigenvalue weighted by atomic mass is 35.5. The Bertz CT molecular complexity index is 1300. The van der Waals surface area contributed by atoms with E-state index in [9.17, 15) is 14.7 Å². The summed E-state index contributed by atoms with van der Waals surface area (Å²) >= 11 is 6.13. The highest BCUT2D eigenvalue weighted by Crippen LogP contribution is 2.43. The molecule has 1 aliphatic heterocycles. The average Bonchev–Trinajstić information content (AvgIpc) is 3.28. The molecule has 1 amide bonds. The number of hydrogen-bond donors (Lipinski definition) is 1. The van der Waals surface area contributed by atoms with Crippen LogP contribution in [-0.4, -0.2) is 46.9 Å². The van der Waals surface area contributed by atoms with E-state index in [0.717, 1.165) is 59.6 Å². The van der Waals surface area contributed by atoms with Gasteiger partial charge in [-0.15, -0.1) is 0 Å². The number of carbonyl (C=O) groups is 2. The molecule has 0 radical (unpaired) electrons. The number of methoxy groups -OCH3 is 1. The maximum Gasteiger partial charge on any atom is 0.414 e. The lowest BCUT2D eigenvalue weighted by Crippen LogP contribution is -2.42. The molecule has 1 saturated carbocycles. The van der Waals surface area contributed by atoms with Crippen LogP contribution < -0.4 is 9.80 Å². The summed E-state index contributed by atoms with van der Waals surface area (Å²) in [6.07, 6.45) is 4.09. The number of amides is 1. The Morgan fingerprint density at radius 3 is 2.42 bits per heavy atom. The maximum absolute atomic E-state index is 12.6. The van der Waals surface area contributed by atoms with Crippen LogP contribution in [0.15, 0.2) is 36.4 Å². The van der Waals surface area contributed by atoms with Crippen molar-refractivity contribution in [2.24, 2.45) is 5.92 Å². The molecule has 2 aliphatic rings. The van der Waals surface area contributed by atoms with Crippen molar-refractivity contribution in [3.05, 3.63) is 47.0 Å². The van der Waals surface area contributed by atoms with Crippen molar-refractivity contribution in [3.8, 4) is 0 Å². The molecule has 9 heteroatoms. The van der Waals surface area contributed by atoms with Crippen molar-refractivity contribution >= 4 is 52.0 Å². The summed E-state index contributed by atoms with van der Waals surface area (Å²) in [5, 5.41) is 10.2. The fourth-order valence-electron chi connectivity index (χ4n) is 5.72. The number of hydrogen-bond acceptors (Lipinski definition) is 5. The molecule has 2 heterocycles. The summed E-state index contributed by atoms with van der Waals surface area (Å²) < 4.78 is 7.35. The molecule has 0 saturated heterocycles. The monoisotopic (exact) mass is 510 g/mol. The van der Waals surface area contributed by atoms with E-state index in [1.54, 1.807) is 4.90 Å². The van der Waals surface area contributed by atoms with Gasteiger partial charge in [-0.3, -0.25) is 9.69 Å². The van der Waals surface area contributed by atoms with Gasteiger partial charge in [0.25, 0.3) is 0 Å². The van der Waals surface area contributed by atoms with Gasteiger partial charge in [0.2, 0.25) is 5.95 Å². The molecule has 0 spiro atoms. The summed E-state index contributed by atoms with van der Waals surface area (Å²) in [5.41, 5.74) is 4.72. The van der Waals surface area contributed by atoms with Crippen molar-refractivity contribution in [1.82, 2.24) is 9.55 Å². The van der Waals surface area contributed by atoms with Gasteiger partial charge >= 0.3 is 12.1 Å². The number of anilines is 3. The predicted octanol–water partition coefficient (Wildman–Crippen LogP) is 6.18. The summed E-state index contributed by atoms with van der Waals surface area (Å²) in [6, 6.07) is 11.8. The molecule has 3 aromatic rings. The van der Waals surface area contributed by atoms with E-state index in [1.165, 1.54) is 7.11 Å². The first-order valence-corrected chi connectivity index (χ1v) is 12.8. The Labute approximate surface area is 215 Å². The number of carboxylic acid groups (broad SMARTS) is 1. The van der Waals surface area contributed by atoms with Gasteiger partial charge in [-0.05, 0) is 81.8 Å². The Morgan fingerprint density at radius 2 is 1.78 bits per heavy atom. The van der Waals surface area contributed by atoms with Gasteiger partial charge < -0.3 is 19.3 Å². The zero-order chi connectivity index (χ0) is 25.6. The number of fused-ring (bicyclic) bond motifs is 3. The number of aromatic nitrogens is 2. The molecule has 5 rings (SSSR count). The fraction of sp³-hybridized carbons (Fsp3) is 0.444. The second kappa shape index (κ2) is 9.65. The number of aliphatic carboxylic acids is 1. The third-order valence-corrected chi connectivity index (χ3v) is 7.98. The Balaban J connectivity index is 1.65. The number of carbonyl (C=O) groups excluding carboxylic acids is 1. The van der Waals surface area contributed by atoms with Crippen LogP contribution in [0.2, 0.25) is 5.02 Å². The van der Waals surface area contributed by atoms with Crippen molar-refractivity contribution in [2.75, 3.05) is 24.0 Å². The van der Waals surface area contributed by atoms with Crippen molar-refractivity contribution in [3.63, 3.8) is 0 Å². The van der Waals surface area contributed by atoms with Crippen LogP contribution in [-0.2, 0) is 16.0 Å². The van der Waals surface area contributed by atoms with Crippen LogP contribution in [0.25, 0.3) is 11.0 Å². The van der Waals surface area contributed by atoms with Crippen LogP contribution >= 0.6 is 11.6 Å². The minimum absolute atomic E-state index is 0.0343. The summed E-state index contributed by atoms with van der Waals surface area (Å²) in [6.45, 7) is 2.03. The summed E-state index contributed by atoms with van der Waals surface area (Å²) in [4.78, 5) is 33.1. The number of aryl methyl sites for hydroxylation is 1. The molecule has 1 unspecified atom stereocenters. The largest absolute Gasteiger partial charge is 0.481 e. The van der Waals surface area contributed by atoms with E-state index in [1.807, 2.05) is 50.4 Å². The van der Waals surface area contributed by atoms with E-state index in [0.29, 0.717) is 17.9 Å². The third-order valence-electron chi connectivity index (χ3n) is 7.73. The third kappa shape index (κ3) is 4.17. The van der Waals surface area contributed by atoms with Gasteiger partial charge in [0, 0.05) is 35.4 Å². The van der Waals surface area contributed by atoms with Crippen molar-refractivity contribution < 1.29 is 19.4 Å². The number of ether oxygens (including phenoxy) is 1. The first kappa shape index (κ1) is 24.4. The van der Waals surface area contributed by atoms with Gasteiger partial charge in [-0.1, -0.05) is 11.6 Å². The molecule has 0 bridgehead atoms. The molecule has 1 N–H and O–H groups in total. The molecule has 1 atom stereocenters. The first-order valence-electron chi connectivity index (χ1n) is 12.4. The Kier molecular flexibility index (Phi) is 6.55. The SMILES string of the molecule is COC(=O)N1c2ccc3c(nc(N(C)c4ccc(Cl)cc4)n3C3CCC(C(=O)O)CC3)c2CCC1C. The van der Waals surface area contributed by atoms with E-state index >= 15 is 0 Å². The van der Waals surface area contributed by atoms with Crippen LogP contribution in [0.4, 0.5) is 22.1 Å². The van der Waals surface area contributed by atoms with Gasteiger partial charge in [0.1, 0.15) is 0 Å². The zero-order valence-electron chi connectivity index (χ0n) is 20.8. The fourth-order valence-corrected chi connectivity index (χ4v) is 5.85. The van der Waals surface area contributed by atoms with Crippen molar-refractivity contribution in [1.29, 1.82) is 0 Å². The topological polar surface area (TPSA) is 87.9 Å². The molecule has 1 aliphatic carbocycles. The van der Waals surface area contributed by atoms with E-state index in [-0.39, 0.29) is 24.1 Å². The van der Waals surface area contributed by atoms with Crippen LogP contribution in [0.3, 0.4) is 0 Å². The number of benzene rings is 2. The highest BCUT2D eigenvalue weighted by Gasteiger charge is 2.34. The predicted molar refractivity (Wildman–Crippen MR) is 141 cm³/mol. The molecule has 8 nitrogen and oxygen atoms in total. The van der Waals surface area contributed by atoms with Crippen molar-refractivity contribution in [2.45, 2.75) is 57.5 Å². The molecule has 36 heavy (non-hydrogen) atoms. The smallest absolute Gasteiger partial charge is 0.414 e. The van der Waals surface area contributed by atoms with Crippen LogP contribution in [0.5, 0.6) is 0 Å². The lowest BCUT2D eigenvalue weighted by atomic mass is 9.86. The lowest BCUT2D eigenvalue weighted by molar-refractivity contribution is -0.143. The van der Waals surface area contributed by atoms with E-state index in [2.05, 4.69) is 9.47 Å². The number of imidazole rings is 1. The van der Waals surface area contributed by atoms with Gasteiger partial charge in [-0.2, -0.15) is 0 Å². The van der Waals surface area contributed by atoms with Crippen LogP contribution in [0, 0.1) is 5.92 Å². The normalized spacial score (nSPS) is 21.8. The Morgan fingerprint density at radius 1 is 1.08 bits per heavy atom.